The lowest BCUT2D eigenvalue weighted by molar-refractivity contribution is -0.123. The van der Waals surface area contributed by atoms with Gasteiger partial charge in [-0.2, -0.15) is 0 Å². The van der Waals surface area contributed by atoms with Gasteiger partial charge in [0.25, 0.3) is 5.91 Å². The maximum Gasteiger partial charge on any atom is 0.329 e. The number of urea groups is 1. The molecule has 1 N–H and O–H groups in total. The van der Waals surface area contributed by atoms with Crippen LogP contribution in [0.15, 0.2) is 84.7 Å². The first kappa shape index (κ1) is 20.8. The summed E-state index contributed by atoms with van der Waals surface area (Å²) in [5, 5.41) is 3.79. The number of carbonyl (C=O) groups excluding carboxylic acids is 2. The number of nitrogens with zero attached hydrogens (tertiary/aromatic N) is 2. The van der Waals surface area contributed by atoms with Gasteiger partial charge in [0.15, 0.2) is 0 Å². The molecule has 5 nitrogen and oxygen atoms in total. The molecular weight excluding hydrogens is 410 g/mol. The second kappa shape index (κ2) is 8.43. The lowest BCUT2D eigenvalue weighted by atomic mass is 10.1. The van der Waals surface area contributed by atoms with E-state index < -0.39 is 6.03 Å². The summed E-state index contributed by atoms with van der Waals surface area (Å²) in [5.74, 6) is -0.309. The molecule has 4 aromatic rings. The van der Waals surface area contributed by atoms with Gasteiger partial charge in [-0.1, -0.05) is 77.9 Å². The van der Waals surface area contributed by atoms with E-state index in [1.54, 1.807) is 6.08 Å². The van der Waals surface area contributed by atoms with E-state index in [1.165, 1.54) is 16.0 Å². The molecule has 1 saturated heterocycles. The van der Waals surface area contributed by atoms with Crippen molar-refractivity contribution in [3.8, 4) is 0 Å². The lowest BCUT2D eigenvalue weighted by Gasteiger charge is -2.11. The van der Waals surface area contributed by atoms with Crippen molar-refractivity contribution in [2.75, 3.05) is 0 Å². The number of aryl methyl sites for hydroxylation is 2. The molecule has 0 aliphatic carbocycles. The Hall–Kier alpha value is -4.12. The van der Waals surface area contributed by atoms with Crippen LogP contribution in [0.25, 0.3) is 17.0 Å². The van der Waals surface area contributed by atoms with Crippen LogP contribution in [-0.4, -0.2) is 21.4 Å². The molecule has 5 rings (SSSR count). The van der Waals surface area contributed by atoms with Gasteiger partial charge in [0.1, 0.15) is 5.70 Å². The Kier molecular flexibility index (Phi) is 5.31. The standard InChI is InChI=1S/C28H25N3O2/c1-19-7-11-21(12-8-19)16-30-18-23(24-5-3-4-6-26(24)30)15-25-27(32)31(28(33)29-25)17-22-13-9-20(2)10-14-22/h3-15,18H,16-17H2,1-2H3,(H,29,33)/b25-15+. The molecule has 3 aromatic carbocycles. The highest BCUT2D eigenvalue weighted by atomic mass is 16.2. The summed E-state index contributed by atoms with van der Waals surface area (Å²) in [6.07, 6.45) is 3.82. The Morgan fingerprint density at radius 2 is 1.39 bits per heavy atom. The molecule has 0 atom stereocenters. The monoisotopic (exact) mass is 435 g/mol. The summed E-state index contributed by atoms with van der Waals surface area (Å²) in [7, 11) is 0. The third kappa shape index (κ3) is 4.17. The maximum absolute atomic E-state index is 13.0. The average molecular weight is 436 g/mol. The van der Waals surface area contributed by atoms with Gasteiger partial charge < -0.3 is 9.88 Å². The van der Waals surface area contributed by atoms with E-state index in [-0.39, 0.29) is 12.5 Å². The molecule has 0 bridgehead atoms. The number of para-hydroxylation sites is 1. The van der Waals surface area contributed by atoms with Gasteiger partial charge in [0.05, 0.1) is 6.54 Å². The topological polar surface area (TPSA) is 54.3 Å². The summed E-state index contributed by atoms with van der Waals surface area (Å²) in [5.41, 5.74) is 6.77. The predicted molar refractivity (Wildman–Crippen MR) is 130 cm³/mol. The number of benzene rings is 3. The van der Waals surface area contributed by atoms with Gasteiger partial charge in [-0.25, -0.2) is 4.79 Å². The van der Waals surface area contributed by atoms with E-state index in [1.807, 2.05) is 55.6 Å². The van der Waals surface area contributed by atoms with Crippen LogP contribution < -0.4 is 5.32 Å². The summed E-state index contributed by atoms with van der Waals surface area (Å²) < 4.78 is 2.18. The van der Waals surface area contributed by atoms with Crippen molar-refractivity contribution >= 4 is 28.9 Å². The smallest absolute Gasteiger partial charge is 0.329 e. The van der Waals surface area contributed by atoms with E-state index in [0.29, 0.717) is 5.70 Å². The zero-order chi connectivity index (χ0) is 22.9. The average Bonchev–Trinajstić information content (AvgIpc) is 3.29. The number of carbonyl (C=O) groups is 2. The van der Waals surface area contributed by atoms with Gasteiger partial charge in [-0.05, 0) is 37.1 Å². The number of fused-ring (bicyclic) bond motifs is 1. The van der Waals surface area contributed by atoms with Crippen molar-refractivity contribution in [2.24, 2.45) is 0 Å². The van der Waals surface area contributed by atoms with Crippen LogP contribution >= 0.6 is 0 Å². The number of rotatable bonds is 5. The quantitative estimate of drug-likeness (QED) is 0.337. The molecule has 33 heavy (non-hydrogen) atoms. The minimum atomic E-state index is -0.393. The zero-order valence-corrected chi connectivity index (χ0v) is 18.7. The molecule has 3 amide bonds. The minimum Gasteiger partial charge on any atom is -0.342 e. The van der Waals surface area contributed by atoms with E-state index in [4.69, 9.17) is 0 Å². The molecule has 1 aromatic heterocycles. The Morgan fingerprint density at radius 1 is 0.788 bits per heavy atom. The second-order valence-electron chi connectivity index (χ2n) is 8.58. The molecule has 2 heterocycles. The van der Waals surface area contributed by atoms with Crippen molar-refractivity contribution in [2.45, 2.75) is 26.9 Å². The number of amides is 3. The van der Waals surface area contributed by atoms with Gasteiger partial charge in [0.2, 0.25) is 0 Å². The maximum atomic E-state index is 13.0. The van der Waals surface area contributed by atoms with Crippen LogP contribution in [0.2, 0.25) is 0 Å². The minimum absolute atomic E-state index is 0.247. The highest BCUT2D eigenvalue weighted by Gasteiger charge is 2.33. The molecule has 1 aliphatic rings. The Balaban J connectivity index is 1.45. The highest BCUT2D eigenvalue weighted by Crippen LogP contribution is 2.26. The fraction of sp³-hybridized carbons (Fsp3) is 0.143. The van der Waals surface area contributed by atoms with Crippen molar-refractivity contribution in [3.05, 3.63) is 113 Å². The molecule has 5 heteroatoms. The van der Waals surface area contributed by atoms with Gasteiger partial charge in [0, 0.05) is 29.2 Å². The van der Waals surface area contributed by atoms with Crippen LogP contribution in [0.5, 0.6) is 0 Å². The SMILES string of the molecule is Cc1ccc(CN2C(=O)N/C(=C/c3cn(Cc4ccc(C)cc4)c4ccccc34)C2=O)cc1. The summed E-state index contributed by atoms with van der Waals surface area (Å²) in [6, 6.07) is 24.0. The van der Waals surface area contributed by atoms with Crippen molar-refractivity contribution < 1.29 is 9.59 Å². The largest absolute Gasteiger partial charge is 0.342 e. The predicted octanol–water partition coefficient (Wildman–Crippen LogP) is 5.40. The van der Waals surface area contributed by atoms with Crippen molar-refractivity contribution in [1.29, 1.82) is 0 Å². The lowest BCUT2D eigenvalue weighted by Crippen LogP contribution is -2.30. The molecular formula is C28H25N3O2. The Bertz CT molecular complexity index is 1380. The molecule has 164 valence electrons. The molecule has 0 spiro atoms. The van der Waals surface area contributed by atoms with Crippen LogP contribution in [0.3, 0.4) is 0 Å². The molecule has 0 saturated carbocycles. The van der Waals surface area contributed by atoms with Crippen LogP contribution in [0.4, 0.5) is 4.79 Å². The first-order chi connectivity index (χ1) is 16.0. The van der Waals surface area contributed by atoms with Crippen LogP contribution in [-0.2, 0) is 17.9 Å². The van der Waals surface area contributed by atoms with E-state index in [0.717, 1.165) is 34.1 Å². The number of nitrogens with one attached hydrogen (secondary N) is 1. The van der Waals surface area contributed by atoms with Gasteiger partial charge in [-0.3, -0.25) is 9.69 Å². The van der Waals surface area contributed by atoms with Crippen molar-refractivity contribution in [3.63, 3.8) is 0 Å². The summed E-state index contributed by atoms with van der Waals surface area (Å²) in [4.78, 5) is 26.8. The van der Waals surface area contributed by atoms with Gasteiger partial charge in [-0.15, -0.1) is 0 Å². The second-order valence-corrected chi connectivity index (χ2v) is 8.58. The van der Waals surface area contributed by atoms with E-state index >= 15 is 0 Å². The summed E-state index contributed by atoms with van der Waals surface area (Å²) in [6.45, 7) is 5.06. The van der Waals surface area contributed by atoms with Crippen LogP contribution in [0.1, 0.15) is 27.8 Å². The fourth-order valence-corrected chi connectivity index (χ4v) is 4.16. The molecule has 1 fully saturated rings. The zero-order valence-electron chi connectivity index (χ0n) is 18.7. The van der Waals surface area contributed by atoms with E-state index in [9.17, 15) is 9.59 Å². The van der Waals surface area contributed by atoms with Gasteiger partial charge >= 0.3 is 6.03 Å². The Labute approximate surface area is 193 Å². The fourth-order valence-electron chi connectivity index (χ4n) is 4.16. The summed E-state index contributed by atoms with van der Waals surface area (Å²) >= 11 is 0. The highest BCUT2D eigenvalue weighted by molar-refractivity contribution is 6.14. The van der Waals surface area contributed by atoms with E-state index in [2.05, 4.69) is 47.1 Å². The number of hydrogen-bond acceptors (Lipinski definition) is 2. The molecule has 1 aliphatic heterocycles. The number of hydrogen-bond donors (Lipinski definition) is 1. The Morgan fingerprint density at radius 3 is 2.06 bits per heavy atom. The van der Waals surface area contributed by atoms with Crippen molar-refractivity contribution in [1.82, 2.24) is 14.8 Å². The molecule has 0 unspecified atom stereocenters. The third-order valence-electron chi connectivity index (χ3n) is 6.02. The molecule has 0 radical (unpaired) electrons. The number of aromatic nitrogens is 1. The van der Waals surface area contributed by atoms with Crippen LogP contribution in [0, 0.1) is 13.8 Å². The first-order valence-corrected chi connectivity index (χ1v) is 11.0. The third-order valence-corrected chi connectivity index (χ3v) is 6.02. The number of imide groups is 1. The normalized spacial score (nSPS) is 15.0. The first-order valence-electron chi connectivity index (χ1n) is 11.0.